The van der Waals surface area contributed by atoms with E-state index < -0.39 is 10.0 Å². The lowest BCUT2D eigenvalue weighted by molar-refractivity contribution is 0.104. The van der Waals surface area contributed by atoms with Gasteiger partial charge in [-0.2, -0.15) is 0 Å². The van der Waals surface area contributed by atoms with Crippen LogP contribution in [0.1, 0.15) is 22.8 Å². The van der Waals surface area contributed by atoms with Crippen molar-refractivity contribution < 1.29 is 13.2 Å². The molecule has 26 heavy (non-hydrogen) atoms. The van der Waals surface area contributed by atoms with Crippen LogP contribution < -0.4 is 4.72 Å². The number of carbonyl (C=O) groups excluding carboxylic acids is 1. The summed E-state index contributed by atoms with van der Waals surface area (Å²) in [6.07, 6.45) is 3.34. The predicted octanol–water partition coefficient (Wildman–Crippen LogP) is 4.50. The molecule has 0 aliphatic carbocycles. The molecule has 0 saturated heterocycles. The van der Waals surface area contributed by atoms with Gasteiger partial charge >= 0.3 is 0 Å². The number of nitrogens with one attached hydrogen (secondary N) is 1. The van der Waals surface area contributed by atoms with Crippen LogP contribution in [0.5, 0.6) is 0 Å². The summed E-state index contributed by atoms with van der Waals surface area (Å²) in [5, 5.41) is 2.21. The molecule has 4 nitrogen and oxygen atoms in total. The number of benzene rings is 3. The molecule has 0 aliphatic heterocycles. The number of hydrogen-bond acceptors (Lipinski definition) is 3. The smallest absolute Gasteiger partial charge is 0.232 e. The van der Waals surface area contributed by atoms with Crippen LogP contribution in [0.15, 0.2) is 72.8 Å². The normalized spacial score (nSPS) is 11.7. The van der Waals surface area contributed by atoms with Crippen LogP contribution in [0, 0.1) is 0 Å². The third kappa shape index (κ3) is 4.18. The van der Waals surface area contributed by atoms with E-state index in [1.165, 1.54) is 6.08 Å². The fraction of sp³-hybridized carbons (Fsp3) is 0.0952. The van der Waals surface area contributed by atoms with E-state index >= 15 is 0 Å². The molecule has 3 aromatic rings. The maximum Gasteiger partial charge on any atom is 0.232 e. The summed E-state index contributed by atoms with van der Waals surface area (Å²) in [5.41, 5.74) is 1.92. The largest absolute Gasteiger partial charge is 0.289 e. The lowest BCUT2D eigenvalue weighted by Gasteiger charge is -2.06. The van der Waals surface area contributed by atoms with Crippen LogP contribution in [0.25, 0.3) is 16.8 Å². The van der Waals surface area contributed by atoms with Crippen molar-refractivity contribution in [3.05, 3.63) is 83.9 Å². The van der Waals surface area contributed by atoms with Crippen molar-refractivity contribution in [2.45, 2.75) is 6.92 Å². The van der Waals surface area contributed by atoms with Crippen LogP contribution in [0.4, 0.5) is 5.69 Å². The Morgan fingerprint density at radius 2 is 1.65 bits per heavy atom. The van der Waals surface area contributed by atoms with Gasteiger partial charge in [-0.15, -0.1) is 0 Å². The molecule has 0 spiro atoms. The topological polar surface area (TPSA) is 63.2 Å². The zero-order valence-corrected chi connectivity index (χ0v) is 15.2. The average Bonchev–Trinajstić information content (AvgIpc) is 2.66. The molecular formula is C21H19NO3S. The van der Waals surface area contributed by atoms with Gasteiger partial charge < -0.3 is 0 Å². The molecule has 0 fully saturated rings. The van der Waals surface area contributed by atoms with E-state index in [4.69, 9.17) is 0 Å². The summed E-state index contributed by atoms with van der Waals surface area (Å²) >= 11 is 0. The first-order chi connectivity index (χ1) is 12.5. The van der Waals surface area contributed by atoms with E-state index in [1.54, 1.807) is 37.3 Å². The Bertz CT molecular complexity index is 1060. The van der Waals surface area contributed by atoms with E-state index in [-0.39, 0.29) is 11.5 Å². The number of rotatable bonds is 6. The Balaban J connectivity index is 1.78. The number of fused-ring (bicyclic) bond motifs is 1. The van der Waals surface area contributed by atoms with Crippen molar-refractivity contribution in [1.82, 2.24) is 0 Å². The summed E-state index contributed by atoms with van der Waals surface area (Å²) in [5.74, 6) is -0.135. The fourth-order valence-corrected chi connectivity index (χ4v) is 3.25. The Kier molecular flexibility index (Phi) is 5.19. The highest BCUT2D eigenvalue weighted by Gasteiger charge is 2.08. The van der Waals surface area contributed by atoms with Gasteiger partial charge in [0.1, 0.15) is 0 Å². The van der Waals surface area contributed by atoms with E-state index in [1.807, 2.05) is 42.5 Å². The van der Waals surface area contributed by atoms with Gasteiger partial charge in [0.15, 0.2) is 5.78 Å². The van der Waals surface area contributed by atoms with Gasteiger partial charge in [0.05, 0.1) is 5.75 Å². The zero-order valence-electron chi connectivity index (χ0n) is 14.3. The Labute approximate surface area is 153 Å². The Morgan fingerprint density at radius 1 is 0.962 bits per heavy atom. The fourth-order valence-electron chi connectivity index (χ4n) is 2.61. The quantitative estimate of drug-likeness (QED) is 0.517. The third-order valence-corrected chi connectivity index (χ3v) is 5.37. The average molecular weight is 365 g/mol. The van der Waals surface area contributed by atoms with Crippen molar-refractivity contribution in [1.29, 1.82) is 0 Å². The number of ketones is 1. The predicted molar refractivity (Wildman–Crippen MR) is 107 cm³/mol. The van der Waals surface area contributed by atoms with Gasteiger partial charge in [-0.05, 0) is 53.6 Å². The third-order valence-electron chi connectivity index (χ3n) is 4.06. The number of carbonyl (C=O) groups is 1. The first-order valence-corrected chi connectivity index (χ1v) is 9.94. The van der Waals surface area contributed by atoms with Crippen LogP contribution in [-0.2, 0) is 10.0 Å². The molecular weight excluding hydrogens is 346 g/mol. The molecule has 0 bridgehead atoms. The van der Waals surface area contributed by atoms with Crippen molar-refractivity contribution in [3.63, 3.8) is 0 Å². The monoisotopic (exact) mass is 365 g/mol. The lowest BCUT2D eigenvalue weighted by atomic mass is 10.0. The maximum atomic E-state index is 12.4. The van der Waals surface area contributed by atoms with Gasteiger partial charge in [0, 0.05) is 11.3 Å². The molecule has 0 aromatic heterocycles. The molecule has 0 amide bonds. The molecule has 1 N–H and O–H groups in total. The lowest BCUT2D eigenvalue weighted by Crippen LogP contribution is -2.14. The SMILES string of the molecule is CCS(=O)(=O)Nc1ccc(C(=O)C=Cc2cccc3ccccc23)cc1. The molecule has 0 radical (unpaired) electrons. The second-order valence-electron chi connectivity index (χ2n) is 5.85. The van der Waals surface area contributed by atoms with E-state index in [0.29, 0.717) is 11.3 Å². The second kappa shape index (κ2) is 7.54. The molecule has 0 atom stereocenters. The van der Waals surface area contributed by atoms with E-state index in [0.717, 1.165) is 16.3 Å². The number of sulfonamides is 1. The molecule has 132 valence electrons. The highest BCUT2D eigenvalue weighted by Crippen LogP contribution is 2.20. The minimum absolute atomic E-state index is 0.00144. The van der Waals surface area contributed by atoms with Crippen molar-refractivity contribution in [2.24, 2.45) is 0 Å². The van der Waals surface area contributed by atoms with Gasteiger partial charge in [0.2, 0.25) is 10.0 Å². The van der Waals surface area contributed by atoms with Gasteiger partial charge in [-0.25, -0.2) is 8.42 Å². The summed E-state index contributed by atoms with van der Waals surface area (Å²) in [6.45, 7) is 1.57. The van der Waals surface area contributed by atoms with Crippen LogP contribution in [-0.4, -0.2) is 20.0 Å². The molecule has 0 aliphatic rings. The van der Waals surface area contributed by atoms with Crippen LogP contribution in [0.3, 0.4) is 0 Å². The highest BCUT2D eigenvalue weighted by molar-refractivity contribution is 7.92. The molecule has 0 unspecified atom stereocenters. The number of allylic oxidation sites excluding steroid dienone is 1. The van der Waals surface area contributed by atoms with E-state index in [9.17, 15) is 13.2 Å². The number of anilines is 1. The van der Waals surface area contributed by atoms with Gasteiger partial charge in [-0.3, -0.25) is 9.52 Å². The first-order valence-electron chi connectivity index (χ1n) is 8.29. The van der Waals surface area contributed by atoms with Crippen molar-refractivity contribution in [3.8, 4) is 0 Å². The maximum absolute atomic E-state index is 12.4. The highest BCUT2D eigenvalue weighted by atomic mass is 32.2. The second-order valence-corrected chi connectivity index (χ2v) is 7.86. The molecule has 0 heterocycles. The zero-order chi connectivity index (χ0) is 18.6. The number of hydrogen-bond donors (Lipinski definition) is 1. The van der Waals surface area contributed by atoms with Gasteiger partial charge in [0.25, 0.3) is 0 Å². The van der Waals surface area contributed by atoms with Crippen LogP contribution in [0.2, 0.25) is 0 Å². The Hall–Kier alpha value is -2.92. The minimum Gasteiger partial charge on any atom is -0.289 e. The standard InChI is InChI=1S/C21H19NO3S/c1-2-26(24,25)22-19-13-10-18(11-14-19)21(23)15-12-17-8-5-7-16-6-3-4-9-20(16)17/h3-15,22H,2H2,1H3. The molecule has 3 rings (SSSR count). The summed E-state index contributed by atoms with van der Waals surface area (Å²) < 4.78 is 25.6. The first kappa shape index (κ1) is 17.9. The van der Waals surface area contributed by atoms with E-state index in [2.05, 4.69) is 4.72 Å². The van der Waals surface area contributed by atoms with Crippen molar-refractivity contribution in [2.75, 3.05) is 10.5 Å². The molecule has 3 aromatic carbocycles. The summed E-state index contributed by atoms with van der Waals surface area (Å²) in [4.78, 5) is 12.4. The van der Waals surface area contributed by atoms with Crippen LogP contribution >= 0.6 is 0 Å². The Morgan fingerprint density at radius 3 is 2.38 bits per heavy atom. The molecule has 5 heteroatoms. The summed E-state index contributed by atoms with van der Waals surface area (Å²) in [6, 6.07) is 20.4. The molecule has 0 saturated carbocycles. The van der Waals surface area contributed by atoms with Gasteiger partial charge in [-0.1, -0.05) is 48.5 Å². The minimum atomic E-state index is -3.32. The summed E-state index contributed by atoms with van der Waals surface area (Å²) in [7, 11) is -3.32. The van der Waals surface area contributed by atoms with Crippen molar-refractivity contribution >= 4 is 38.3 Å².